The maximum Gasteiger partial charge on any atom is 0.232 e. The molecule has 6 nitrogen and oxygen atoms in total. The van der Waals surface area contributed by atoms with Crippen molar-refractivity contribution in [1.29, 1.82) is 0 Å². The summed E-state index contributed by atoms with van der Waals surface area (Å²) in [6.07, 6.45) is 3.01. The molecule has 0 aromatic carbocycles. The van der Waals surface area contributed by atoms with Crippen molar-refractivity contribution < 1.29 is 4.79 Å². The van der Waals surface area contributed by atoms with Crippen LogP contribution >= 0.6 is 0 Å². The minimum Gasteiger partial charge on any atom is -0.285 e. The number of ketones is 1. The topological polar surface area (TPSA) is 65.6 Å². The highest BCUT2D eigenvalue weighted by Crippen LogP contribution is 2.04. The zero-order valence-corrected chi connectivity index (χ0v) is 7.88. The molecule has 0 unspecified atom stereocenters. The van der Waals surface area contributed by atoms with E-state index in [1.165, 1.54) is 15.7 Å². The van der Waals surface area contributed by atoms with Gasteiger partial charge >= 0.3 is 0 Å². The van der Waals surface area contributed by atoms with E-state index in [4.69, 9.17) is 0 Å². The Morgan fingerprint density at radius 2 is 2.14 bits per heavy atom. The average molecular weight is 191 g/mol. The average Bonchev–Trinajstić information content (AvgIpc) is 2.73. The molecule has 0 radical (unpaired) electrons. The van der Waals surface area contributed by atoms with Crippen LogP contribution in [-0.4, -0.2) is 30.6 Å². The molecule has 2 aromatic heterocycles. The maximum absolute atomic E-state index is 11.8. The third-order valence-corrected chi connectivity index (χ3v) is 1.89. The standard InChI is InChI=1S/C8H9N5O/c1-12-7(3-4-9-12)8(14)6-5-10-13(2)11-6/h3-5H,1-2H3. The van der Waals surface area contributed by atoms with E-state index >= 15 is 0 Å². The minimum absolute atomic E-state index is 0.168. The van der Waals surface area contributed by atoms with Gasteiger partial charge in [-0.1, -0.05) is 0 Å². The summed E-state index contributed by atoms with van der Waals surface area (Å²) in [4.78, 5) is 13.1. The second-order valence-electron chi connectivity index (χ2n) is 2.89. The Bertz CT molecular complexity index is 470. The van der Waals surface area contributed by atoms with Gasteiger partial charge in [-0.2, -0.15) is 20.1 Å². The second-order valence-corrected chi connectivity index (χ2v) is 2.89. The van der Waals surface area contributed by atoms with Gasteiger partial charge in [0.15, 0.2) is 5.69 Å². The number of nitrogens with zero attached hydrogens (tertiary/aromatic N) is 5. The Kier molecular flexibility index (Phi) is 1.88. The Morgan fingerprint density at radius 1 is 1.36 bits per heavy atom. The van der Waals surface area contributed by atoms with Gasteiger partial charge in [0.25, 0.3) is 0 Å². The fraction of sp³-hybridized carbons (Fsp3) is 0.250. The van der Waals surface area contributed by atoms with Gasteiger partial charge in [-0.3, -0.25) is 9.48 Å². The summed E-state index contributed by atoms with van der Waals surface area (Å²) in [5.41, 5.74) is 0.835. The molecule has 0 saturated carbocycles. The maximum atomic E-state index is 11.8. The minimum atomic E-state index is -0.168. The number of carbonyl (C=O) groups is 1. The van der Waals surface area contributed by atoms with Gasteiger partial charge in [0, 0.05) is 20.3 Å². The normalized spacial score (nSPS) is 10.4. The summed E-state index contributed by atoms with van der Waals surface area (Å²) >= 11 is 0. The lowest BCUT2D eigenvalue weighted by molar-refractivity contribution is 0.102. The molecule has 0 spiro atoms. The van der Waals surface area contributed by atoms with Crippen LogP contribution in [0.4, 0.5) is 0 Å². The van der Waals surface area contributed by atoms with Crippen molar-refractivity contribution in [1.82, 2.24) is 24.8 Å². The highest BCUT2D eigenvalue weighted by molar-refractivity contribution is 6.06. The van der Waals surface area contributed by atoms with E-state index in [0.29, 0.717) is 11.4 Å². The van der Waals surface area contributed by atoms with E-state index in [1.807, 2.05) is 0 Å². The molecule has 0 N–H and O–H groups in total. The number of hydrogen-bond donors (Lipinski definition) is 0. The number of hydrogen-bond acceptors (Lipinski definition) is 4. The van der Waals surface area contributed by atoms with Crippen LogP contribution in [0.5, 0.6) is 0 Å². The smallest absolute Gasteiger partial charge is 0.232 e. The lowest BCUT2D eigenvalue weighted by Gasteiger charge is -1.96. The molecular weight excluding hydrogens is 182 g/mol. The predicted molar refractivity (Wildman–Crippen MR) is 47.6 cm³/mol. The van der Waals surface area contributed by atoms with E-state index in [1.54, 1.807) is 26.4 Å². The van der Waals surface area contributed by atoms with Gasteiger partial charge in [0.05, 0.1) is 6.20 Å². The summed E-state index contributed by atoms with van der Waals surface area (Å²) in [5, 5.41) is 11.7. The van der Waals surface area contributed by atoms with Gasteiger partial charge in [0.2, 0.25) is 5.78 Å². The highest BCUT2D eigenvalue weighted by atomic mass is 16.1. The first kappa shape index (κ1) is 8.61. The Morgan fingerprint density at radius 3 is 2.64 bits per heavy atom. The molecule has 72 valence electrons. The molecule has 14 heavy (non-hydrogen) atoms. The van der Waals surface area contributed by atoms with Crippen molar-refractivity contribution in [2.75, 3.05) is 0 Å². The monoisotopic (exact) mass is 191 g/mol. The van der Waals surface area contributed by atoms with Crippen LogP contribution in [0.25, 0.3) is 0 Å². The van der Waals surface area contributed by atoms with Crippen LogP contribution in [0.15, 0.2) is 18.5 Å². The lowest BCUT2D eigenvalue weighted by Crippen LogP contribution is -2.09. The van der Waals surface area contributed by atoms with Gasteiger partial charge in [-0.25, -0.2) is 0 Å². The van der Waals surface area contributed by atoms with Crippen LogP contribution in [0.3, 0.4) is 0 Å². The molecule has 6 heteroatoms. The third-order valence-electron chi connectivity index (χ3n) is 1.89. The fourth-order valence-corrected chi connectivity index (χ4v) is 1.18. The first-order valence-corrected chi connectivity index (χ1v) is 4.07. The van der Waals surface area contributed by atoms with Crippen LogP contribution in [0.2, 0.25) is 0 Å². The van der Waals surface area contributed by atoms with E-state index < -0.39 is 0 Å². The van der Waals surface area contributed by atoms with Crippen LogP contribution in [0.1, 0.15) is 16.2 Å². The van der Waals surface area contributed by atoms with E-state index in [0.717, 1.165) is 0 Å². The molecule has 0 aliphatic rings. The zero-order chi connectivity index (χ0) is 10.1. The first-order chi connectivity index (χ1) is 6.68. The second kappa shape index (κ2) is 3.06. The first-order valence-electron chi connectivity index (χ1n) is 4.07. The van der Waals surface area contributed by atoms with Crippen molar-refractivity contribution >= 4 is 5.78 Å². The van der Waals surface area contributed by atoms with Crippen molar-refractivity contribution in [2.24, 2.45) is 14.1 Å². The molecule has 2 rings (SSSR count). The highest BCUT2D eigenvalue weighted by Gasteiger charge is 2.15. The van der Waals surface area contributed by atoms with E-state index in [9.17, 15) is 4.79 Å². The van der Waals surface area contributed by atoms with E-state index in [2.05, 4.69) is 15.3 Å². The molecule has 2 heterocycles. The fourth-order valence-electron chi connectivity index (χ4n) is 1.18. The molecule has 0 saturated heterocycles. The van der Waals surface area contributed by atoms with Gasteiger partial charge in [-0.05, 0) is 6.07 Å². The Labute approximate surface area is 80.1 Å². The summed E-state index contributed by atoms with van der Waals surface area (Å²) < 4.78 is 1.51. The number of rotatable bonds is 2. The van der Waals surface area contributed by atoms with Gasteiger partial charge < -0.3 is 0 Å². The molecule has 0 fully saturated rings. The molecule has 0 bridgehead atoms. The van der Waals surface area contributed by atoms with E-state index in [-0.39, 0.29) is 5.78 Å². The lowest BCUT2D eigenvalue weighted by atomic mass is 10.2. The van der Waals surface area contributed by atoms with Crippen LogP contribution < -0.4 is 0 Å². The summed E-state index contributed by atoms with van der Waals surface area (Å²) in [7, 11) is 3.38. The SMILES string of the molecule is Cn1ncc(C(=O)c2ccnn2C)n1. The number of aromatic nitrogens is 5. The Balaban J connectivity index is 2.38. The van der Waals surface area contributed by atoms with Crippen LogP contribution in [0, 0.1) is 0 Å². The zero-order valence-electron chi connectivity index (χ0n) is 7.88. The van der Waals surface area contributed by atoms with Crippen molar-refractivity contribution in [2.45, 2.75) is 0 Å². The van der Waals surface area contributed by atoms with Crippen molar-refractivity contribution in [3.8, 4) is 0 Å². The largest absolute Gasteiger partial charge is 0.285 e. The van der Waals surface area contributed by atoms with Crippen molar-refractivity contribution in [3.05, 3.63) is 29.8 Å². The molecule has 2 aromatic rings. The van der Waals surface area contributed by atoms with Gasteiger partial charge in [-0.15, -0.1) is 0 Å². The number of aryl methyl sites for hydroxylation is 2. The molecule has 0 amide bonds. The van der Waals surface area contributed by atoms with Gasteiger partial charge in [0.1, 0.15) is 5.69 Å². The quantitative estimate of drug-likeness (QED) is 0.615. The van der Waals surface area contributed by atoms with Crippen molar-refractivity contribution in [3.63, 3.8) is 0 Å². The number of carbonyl (C=O) groups excluding carboxylic acids is 1. The molecule has 0 atom stereocenters. The predicted octanol–water partition coefficient (Wildman–Crippen LogP) is -0.220. The molecular formula is C8H9N5O. The molecule has 0 aliphatic heterocycles. The summed E-state index contributed by atoms with van der Waals surface area (Å²) in [6.45, 7) is 0. The third kappa shape index (κ3) is 1.30. The summed E-state index contributed by atoms with van der Waals surface area (Å²) in [6, 6.07) is 1.65. The summed E-state index contributed by atoms with van der Waals surface area (Å²) in [5.74, 6) is -0.168. The van der Waals surface area contributed by atoms with Crippen LogP contribution in [-0.2, 0) is 14.1 Å². The molecule has 0 aliphatic carbocycles. The Hall–Kier alpha value is -1.98.